The van der Waals surface area contributed by atoms with Crippen molar-refractivity contribution in [3.63, 3.8) is 0 Å². The Morgan fingerprint density at radius 2 is 2.19 bits per heavy atom. The van der Waals surface area contributed by atoms with Crippen LogP contribution in [0.3, 0.4) is 0 Å². The molecule has 2 aromatic rings. The summed E-state index contributed by atoms with van der Waals surface area (Å²) < 4.78 is 2.20. The molecular formula is C16H21N5. The van der Waals surface area contributed by atoms with E-state index in [0.717, 1.165) is 37.8 Å². The second kappa shape index (κ2) is 6.43. The molecule has 0 bridgehead atoms. The van der Waals surface area contributed by atoms with Crippen LogP contribution in [-0.2, 0) is 13.0 Å². The van der Waals surface area contributed by atoms with E-state index in [0.29, 0.717) is 6.04 Å². The van der Waals surface area contributed by atoms with Crippen LogP contribution in [0.5, 0.6) is 0 Å². The lowest BCUT2D eigenvalue weighted by Crippen LogP contribution is -2.38. The molecule has 3 rings (SSSR count). The van der Waals surface area contributed by atoms with Crippen molar-refractivity contribution in [3.05, 3.63) is 54.1 Å². The number of nitrogens with one attached hydrogen (secondary N) is 2. The Morgan fingerprint density at radius 3 is 2.95 bits per heavy atom. The summed E-state index contributed by atoms with van der Waals surface area (Å²) in [5.74, 6) is 2.00. The highest BCUT2D eigenvalue weighted by Gasteiger charge is 2.11. The van der Waals surface area contributed by atoms with Crippen molar-refractivity contribution >= 4 is 5.96 Å². The summed E-state index contributed by atoms with van der Waals surface area (Å²) in [5.41, 5.74) is 1.29. The smallest absolute Gasteiger partial charge is 0.191 e. The second-order valence-electron chi connectivity index (χ2n) is 5.37. The third kappa shape index (κ3) is 3.62. The van der Waals surface area contributed by atoms with Crippen molar-refractivity contribution in [3.8, 4) is 0 Å². The van der Waals surface area contributed by atoms with Gasteiger partial charge in [-0.1, -0.05) is 30.3 Å². The van der Waals surface area contributed by atoms with Gasteiger partial charge in [0, 0.05) is 37.9 Å². The largest absolute Gasteiger partial charge is 0.356 e. The highest BCUT2D eigenvalue weighted by atomic mass is 15.2. The Kier molecular flexibility index (Phi) is 4.19. The van der Waals surface area contributed by atoms with Gasteiger partial charge in [-0.15, -0.1) is 0 Å². The minimum atomic E-state index is 0.438. The molecule has 0 saturated heterocycles. The molecule has 110 valence electrons. The van der Waals surface area contributed by atoms with E-state index in [2.05, 4.69) is 56.4 Å². The van der Waals surface area contributed by atoms with E-state index in [1.807, 2.05) is 18.5 Å². The van der Waals surface area contributed by atoms with Crippen LogP contribution in [0.25, 0.3) is 0 Å². The number of benzene rings is 1. The van der Waals surface area contributed by atoms with Gasteiger partial charge in [-0.3, -0.25) is 4.99 Å². The van der Waals surface area contributed by atoms with E-state index >= 15 is 0 Å². The van der Waals surface area contributed by atoms with Crippen LogP contribution < -0.4 is 10.6 Å². The molecule has 1 aromatic heterocycles. The van der Waals surface area contributed by atoms with Gasteiger partial charge < -0.3 is 15.2 Å². The summed E-state index contributed by atoms with van der Waals surface area (Å²) in [6.45, 7) is 4.69. The van der Waals surface area contributed by atoms with E-state index in [-0.39, 0.29) is 0 Å². The first-order valence-corrected chi connectivity index (χ1v) is 7.40. The SMILES string of the molecule is CC1CN=C(NCCc2nccn2Cc2ccccc2)N1. The fourth-order valence-electron chi connectivity index (χ4n) is 2.44. The molecule has 1 atom stereocenters. The standard InChI is InChI=1S/C16H21N5/c1-13-11-19-16(20-13)18-8-7-15-17-9-10-21(15)12-14-5-3-2-4-6-14/h2-6,9-10,13H,7-8,11-12H2,1H3,(H2,18,19,20). The maximum atomic E-state index is 4.45. The predicted molar refractivity (Wildman–Crippen MR) is 84.4 cm³/mol. The highest BCUT2D eigenvalue weighted by molar-refractivity contribution is 5.81. The molecule has 0 spiro atoms. The first-order valence-electron chi connectivity index (χ1n) is 7.40. The molecule has 1 aliphatic rings. The summed E-state index contributed by atoms with van der Waals surface area (Å²) in [6, 6.07) is 10.9. The van der Waals surface area contributed by atoms with Crippen LogP contribution in [-0.4, -0.2) is 34.6 Å². The van der Waals surface area contributed by atoms with Gasteiger partial charge in [-0.25, -0.2) is 4.98 Å². The molecule has 0 saturated carbocycles. The van der Waals surface area contributed by atoms with Gasteiger partial charge >= 0.3 is 0 Å². The Bertz CT molecular complexity index is 602. The first kappa shape index (κ1) is 13.7. The number of aromatic nitrogens is 2. The van der Waals surface area contributed by atoms with Crippen molar-refractivity contribution in [1.82, 2.24) is 20.2 Å². The van der Waals surface area contributed by atoms with Gasteiger partial charge in [-0.05, 0) is 12.5 Å². The van der Waals surface area contributed by atoms with Gasteiger partial charge in [0.2, 0.25) is 0 Å². The third-order valence-electron chi connectivity index (χ3n) is 3.54. The molecule has 1 aliphatic heterocycles. The van der Waals surface area contributed by atoms with Crippen molar-refractivity contribution in [2.45, 2.75) is 25.9 Å². The van der Waals surface area contributed by atoms with Crippen LogP contribution in [0.1, 0.15) is 18.3 Å². The van der Waals surface area contributed by atoms with Crippen LogP contribution in [0, 0.1) is 0 Å². The molecule has 0 amide bonds. The Balaban J connectivity index is 1.53. The summed E-state index contributed by atoms with van der Waals surface area (Å²) in [6.07, 6.45) is 4.79. The van der Waals surface area contributed by atoms with Gasteiger partial charge in [-0.2, -0.15) is 0 Å². The van der Waals surface area contributed by atoms with Gasteiger partial charge in [0.1, 0.15) is 5.82 Å². The molecule has 5 nitrogen and oxygen atoms in total. The highest BCUT2D eigenvalue weighted by Crippen LogP contribution is 2.06. The summed E-state index contributed by atoms with van der Waals surface area (Å²) in [7, 11) is 0. The van der Waals surface area contributed by atoms with Crippen molar-refractivity contribution < 1.29 is 0 Å². The fourth-order valence-corrected chi connectivity index (χ4v) is 2.44. The number of aliphatic imine (C=N–C) groups is 1. The third-order valence-corrected chi connectivity index (χ3v) is 3.54. The molecule has 0 radical (unpaired) electrons. The normalized spacial score (nSPS) is 17.4. The number of hydrogen-bond donors (Lipinski definition) is 2. The first-order chi connectivity index (χ1) is 10.3. The van der Waals surface area contributed by atoms with Crippen molar-refractivity contribution in [2.24, 2.45) is 4.99 Å². The topological polar surface area (TPSA) is 54.2 Å². The molecule has 5 heteroatoms. The number of imidazole rings is 1. The number of nitrogens with zero attached hydrogens (tertiary/aromatic N) is 3. The van der Waals surface area contributed by atoms with Crippen LogP contribution >= 0.6 is 0 Å². The Hall–Kier alpha value is -2.30. The zero-order chi connectivity index (χ0) is 14.5. The van der Waals surface area contributed by atoms with E-state index in [4.69, 9.17) is 0 Å². The molecule has 2 heterocycles. The molecule has 21 heavy (non-hydrogen) atoms. The average Bonchev–Trinajstić information content (AvgIpc) is 3.10. The second-order valence-corrected chi connectivity index (χ2v) is 5.37. The van der Waals surface area contributed by atoms with E-state index in [9.17, 15) is 0 Å². The Labute approximate surface area is 125 Å². The zero-order valence-electron chi connectivity index (χ0n) is 12.3. The summed E-state index contributed by atoms with van der Waals surface area (Å²) >= 11 is 0. The zero-order valence-corrected chi connectivity index (χ0v) is 12.3. The van der Waals surface area contributed by atoms with Crippen LogP contribution in [0.15, 0.2) is 47.7 Å². The van der Waals surface area contributed by atoms with E-state index in [1.165, 1.54) is 5.56 Å². The Morgan fingerprint density at radius 1 is 1.33 bits per heavy atom. The van der Waals surface area contributed by atoms with Gasteiger partial charge in [0.25, 0.3) is 0 Å². The van der Waals surface area contributed by atoms with Gasteiger partial charge in [0.15, 0.2) is 5.96 Å². The monoisotopic (exact) mass is 283 g/mol. The quantitative estimate of drug-likeness (QED) is 0.872. The minimum Gasteiger partial charge on any atom is -0.356 e. The molecule has 1 unspecified atom stereocenters. The van der Waals surface area contributed by atoms with Crippen molar-refractivity contribution in [2.75, 3.05) is 13.1 Å². The van der Waals surface area contributed by atoms with Crippen molar-refractivity contribution in [1.29, 1.82) is 0 Å². The number of rotatable bonds is 5. The summed E-state index contributed by atoms with van der Waals surface area (Å²) in [4.78, 5) is 8.85. The average molecular weight is 283 g/mol. The maximum absolute atomic E-state index is 4.45. The fraction of sp³-hybridized carbons (Fsp3) is 0.375. The van der Waals surface area contributed by atoms with Crippen LogP contribution in [0.4, 0.5) is 0 Å². The summed E-state index contributed by atoms with van der Waals surface area (Å²) in [5, 5.41) is 6.63. The van der Waals surface area contributed by atoms with Gasteiger partial charge in [0.05, 0.1) is 6.54 Å². The predicted octanol–water partition coefficient (Wildman–Crippen LogP) is 1.41. The molecular weight excluding hydrogens is 262 g/mol. The molecule has 1 aromatic carbocycles. The minimum absolute atomic E-state index is 0.438. The number of hydrogen-bond acceptors (Lipinski definition) is 4. The lowest BCUT2D eigenvalue weighted by molar-refractivity contribution is 0.687. The molecule has 0 aliphatic carbocycles. The lowest BCUT2D eigenvalue weighted by Gasteiger charge is -2.10. The van der Waals surface area contributed by atoms with E-state index in [1.54, 1.807) is 0 Å². The van der Waals surface area contributed by atoms with Crippen LogP contribution in [0.2, 0.25) is 0 Å². The molecule has 2 N–H and O–H groups in total. The lowest BCUT2D eigenvalue weighted by atomic mass is 10.2. The van der Waals surface area contributed by atoms with E-state index < -0.39 is 0 Å². The molecule has 0 fully saturated rings. The maximum Gasteiger partial charge on any atom is 0.191 e. The number of guanidine groups is 1.